The van der Waals surface area contributed by atoms with Crippen molar-refractivity contribution in [2.24, 2.45) is 5.92 Å². The van der Waals surface area contributed by atoms with Gasteiger partial charge in [-0.3, -0.25) is 0 Å². The molecule has 0 aliphatic carbocycles. The maximum absolute atomic E-state index is 11.4. The third-order valence-electron chi connectivity index (χ3n) is 2.49. The van der Waals surface area contributed by atoms with Crippen molar-refractivity contribution in [3.8, 4) is 5.88 Å². The smallest absolute Gasteiger partial charge is 0.340 e. The predicted molar refractivity (Wildman–Crippen MR) is 69.6 cm³/mol. The van der Waals surface area contributed by atoms with E-state index >= 15 is 0 Å². The van der Waals surface area contributed by atoms with Crippen molar-refractivity contribution in [2.75, 3.05) is 19.5 Å². The first-order valence-electron chi connectivity index (χ1n) is 6.01. The van der Waals surface area contributed by atoms with Gasteiger partial charge in [-0.15, -0.1) is 0 Å². The minimum atomic E-state index is -0.484. The number of hydrogen-bond donors (Lipinski definition) is 1. The molecule has 0 fully saturated rings. The first kappa shape index (κ1) is 14.3. The second kappa shape index (κ2) is 6.83. The number of anilines is 1. The molecule has 18 heavy (non-hydrogen) atoms. The molecule has 0 saturated carbocycles. The molecule has 5 nitrogen and oxygen atoms in total. The molecule has 5 heteroatoms. The number of nitrogens with two attached hydrogens (primary N) is 1. The van der Waals surface area contributed by atoms with Crippen molar-refractivity contribution in [3.63, 3.8) is 0 Å². The fourth-order valence-electron chi connectivity index (χ4n) is 1.48. The average molecular weight is 252 g/mol. The lowest BCUT2D eigenvalue weighted by Gasteiger charge is -2.09. The van der Waals surface area contributed by atoms with Crippen molar-refractivity contribution >= 4 is 11.7 Å². The molecule has 0 amide bonds. The summed E-state index contributed by atoms with van der Waals surface area (Å²) in [7, 11) is 1.31. The molecule has 0 aromatic carbocycles. The van der Waals surface area contributed by atoms with Gasteiger partial charge in [-0.25, -0.2) is 9.78 Å². The standard InChI is InChI=1S/C13H20N2O3/c1-9(2)5-4-6-18-12-7-10(13(16)17-3)11(14)8-15-12/h7-9H,4-6,14H2,1-3H3. The van der Waals surface area contributed by atoms with Gasteiger partial charge in [0.2, 0.25) is 5.88 Å². The van der Waals surface area contributed by atoms with E-state index in [-0.39, 0.29) is 11.3 Å². The predicted octanol–water partition coefficient (Wildman–Crippen LogP) is 2.27. The van der Waals surface area contributed by atoms with Gasteiger partial charge in [0, 0.05) is 6.07 Å². The fraction of sp³-hybridized carbons (Fsp3) is 0.538. The minimum Gasteiger partial charge on any atom is -0.478 e. The summed E-state index contributed by atoms with van der Waals surface area (Å²) in [5, 5.41) is 0. The third-order valence-corrected chi connectivity index (χ3v) is 2.49. The molecule has 0 aliphatic heterocycles. The van der Waals surface area contributed by atoms with Crippen LogP contribution in [0, 0.1) is 5.92 Å². The van der Waals surface area contributed by atoms with Gasteiger partial charge < -0.3 is 15.2 Å². The number of nitrogen functional groups attached to an aromatic ring is 1. The first-order chi connectivity index (χ1) is 8.54. The Hall–Kier alpha value is -1.78. The van der Waals surface area contributed by atoms with Crippen LogP contribution in [0.3, 0.4) is 0 Å². The molecule has 0 unspecified atom stereocenters. The number of carbonyl (C=O) groups excluding carboxylic acids is 1. The number of ether oxygens (including phenoxy) is 2. The molecular formula is C13H20N2O3. The normalized spacial score (nSPS) is 10.4. The van der Waals surface area contributed by atoms with Crippen LogP contribution in [0.2, 0.25) is 0 Å². The third kappa shape index (κ3) is 4.24. The van der Waals surface area contributed by atoms with Gasteiger partial charge in [-0.2, -0.15) is 0 Å². The summed E-state index contributed by atoms with van der Waals surface area (Å²) in [6.07, 6.45) is 3.46. The Morgan fingerprint density at radius 2 is 2.22 bits per heavy atom. The van der Waals surface area contributed by atoms with Crippen LogP contribution in [0.4, 0.5) is 5.69 Å². The molecule has 0 atom stereocenters. The highest BCUT2D eigenvalue weighted by Crippen LogP contribution is 2.17. The quantitative estimate of drug-likeness (QED) is 0.621. The molecule has 2 N–H and O–H groups in total. The maximum Gasteiger partial charge on any atom is 0.340 e. The monoisotopic (exact) mass is 252 g/mol. The van der Waals surface area contributed by atoms with Crippen LogP contribution in [0.25, 0.3) is 0 Å². The molecule has 0 spiro atoms. The van der Waals surface area contributed by atoms with Crippen molar-refractivity contribution in [3.05, 3.63) is 17.8 Å². The molecule has 1 heterocycles. The highest BCUT2D eigenvalue weighted by molar-refractivity contribution is 5.95. The van der Waals surface area contributed by atoms with E-state index in [0.29, 0.717) is 18.4 Å². The average Bonchev–Trinajstić information content (AvgIpc) is 2.35. The van der Waals surface area contributed by atoms with Crippen LogP contribution >= 0.6 is 0 Å². The Kier molecular flexibility index (Phi) is 5.42. The lowest BCUT2D eigenvalue weighted by molar-refractivity contribution is 0.0601. The van der Waals surface area contributed by atoms with Crippen molar-refractivity contribution in [1.82, 2.24) is 4.98 Å². The van der Waals surface area contributed by atoms with E-state index in [1.165, 1.54) is 19.4 Å². The number of pyridine rings is 1. The van der Waals surface area contributed by atoms with Gasteiger partial charge in [0.05, 0.1) is 31.2 Å². The van der Waals surface area contributed by atoms with Gasteiger partial charge in [0.15, 0.2) is 0 Å². The van der Waals surface area contributed by atoms with Crippen LogP contribution in [-0.4, -0.2) is 24.7 Å². The number of rotatable bonds is 6. The molecule has 0 bridgehead atoms. The summed E-state index contributed by atoms with van der Waals surface area (Å²) >= 11 is 0. The Bertz CT molecular complexity index is 405. The number of carbonyl (C=O) groups is 1. The van der Waals surface area contributed by atoms with Crippen LogP contribution in [0.5, 0.6) is 5.88 Å². The topological polar surface area (TPSA) is 74.4 Å². The summed E-state index contributed by atoms with van der Waals surface area (Å²) < 4.78 is 10.1. The number of hydrogen-bond acceptors (Lipinski definition) is 5. The summed E-state index contributed by atoms with van der Waals surface area (Å²) in [5.74, 6) is 0.564. The Morgan fingerprint density at radius 1 is 1.50 bits per heavy atom. The lowest BCUT2D eigenvalue weighted by Crippen LogP contribution is -2.08. The summed E-state index contributed by atoms with van der Waals surface area (Å²) in [5.41, 5.74) is 6.21. The second-order valence-corrected chi connectivity index (χ2v) is 4.49. The van der Waals surface area contributed by atoms with Gasteiger partial charge >= 0.3 is 5.97 Å². The van der Waals surface area contributed by atoms with Crippen molar-refractivity contribution < 1.29 is 14.3 Å². The molecular weight excluding hydrogens is 232 g/mol. The number of esters is 1. The Balaban J connectivity index is 2.59. The zero-order valence-corrected chi connectivity index (χ0v) is 11.1. The van der Waals surface area contributed by atoms with E-state index in [2.05, 4.69) is 23.6 Å². The van der Waals surface area contributed by atoms with E-state index in [4.69, 9.17) is 10.5 Å². The van der Waals surface area contributed by atoms with Crippen LogP contribution in [-0.2, 0) is 4.74 Å². The first-order valence-corrected chi connectivity index (χ1v) is 6.01. The van der Waals surface area contributed by atoms with Crippen molar-refractivity contribution in [2.45, 2.75) is 26.7 Å². The van der Waals surface area contributed by atoms with E-state index in [9.17, 15) is 4.79 Å². The zero-order chi connectivity index (χ0) is 13.5. The molecule has 100 valence electrons. The summed E-state index contributed by atoms with van der Waals surface area (Å²) in [6.45, 7) is 4.91. The lowest BCUT2D eigenvalue weighted by atomic mass is 10.1. The van der Waals surface area contributed by atoms with Crippen molar-refractivity contribution in [1.29, 1.82) is 0 Å². The van der Waals surface area contributed by atoms with Gasteiger partial charge in [-0.05, 0) is 18.8 Å². The van der Waals surface area contributed by atoms with Crippen LogP contribution in [0.1, 0.15) is 37.0 Å². The highest BCUT2D eigenvalue weighted by atomic mass is 16.5. The zero-order valence-electron chi connectivity index (χ0n) is 11.1. The van der Waals surface area contributed by atoms with E-state index in [0.717, 1.165) is 12.8 Å². The number of nitrogens with zero attached hydrogens (tertiary/aromatic N) is 1. The van der Waals surface area contributed by atoms with E-state index in [1.54, 1.807) is 0 Å². The Morgan fingerprint density at radius 3 is 2.83 bits per heavy atom. The number of aromatic nitrogens is 1. The minimum absolute atomic E-state index is 0.284. The van der Waals surface area contributed by atoms with E-state index < -0.39 is 5.97 Å². The highest BCUT2D eigenvalue weighted by Gasteiger charge is 2.12. The molecule has 0 radical (unpaired) electrons. The fourth-order valence-corrected chi connectivity index (χ4v) is 1.48. The summed E-state index contributed by atoms with van der Waals surface area (Å²) in [6, 6.07) is 1.51. The number of methoxy groups -OCH3 is 1. The van der Waals surface area contributed by atoms with E-state index in [1.807, 2.05) is 0 Å². The molecule has 0 aliphatic rings. The maximum atomic E-state index is 11.4. The Labute approximate surface area is 107 Å². The van der Waals surface area contributed by atoms with Crippen LogP contribution in [0.15, 0.2) is 12.3 Å². The molecule has 0 saturated heterocycles. The second-order valence-electron chi connectivity index (χ2n) is 4.49. The molecule has 1 aromatic rings. The molecule has 1 rings (SSSR count). The van der Waals surface area contributed by atoms with Gasteiger partial charge in [-0.1, -0.05) is 13.8 Å². The van der Waals surface area contributed by atoms with Gasteiger partial charge in [0.25, 0.3) is 0 Å². The van der Waals surface area contributed by atoms with Gasteiger partial charge in [0.1, 0.15) is 0 Å². The van der Waals surface area contributed by atoms with Crippen LogP contribution < -0.4 is 10.5 Å². The SMILES string of the molecule is COC(=O)c1cc(OCCCC(C)C)ncc1N. The molecule has 1 aromatic heterocycles. The summed E-state index contributed by atoms with van der Waals surface area (Å²) in [4.78, 5) is 15.4. The largest absolute Gasteiger partial charge is 0.478 e.